The molecule has 7 heteroatoms. The summed E-state index contributed by atoms with van der Waals surface area (Å²) in [5.74, 6) is -2.18. The van der Waals surface area contributed by atoms with Gasteiger partial charge in [-0.2, -0.15) is 0 Å². The van der Waals surface area contributed by atoms with Gasteiger partial charge in [0.15, 0.2) is 11.5 Å². The Hall–Kier alpha value is -1.99. The van der Waals surface area contributed by atoms with Crippen LogP contribution in [0.15, 0.2) is 12.1 Å². The maximum Gasteiger partial charge on any atom is 0.340 e. The van der Waals surface area contributed by atoms with Crippen molar-refractivity contribution in [2.24, 2.45) is 0 Å². The molecule has 0 aliphatic carbocycles. The van der Waals surface area contributed by atoms with Gasteiger partial charge in [-0.25, -0.2) is 4.79 Å². The molecule has 1 aliphatic heterocycles. The quantitative estimate of drug-likeness (QED) is 0.656. The summed E-state index contributed by atoms with van der Waals surface area (Å²) in [5.41, 5.74) is 6.34. The van der Waals surface area contributed by atoms with E-state index in [1.165, 1.54) is 19.2 Å². The molecule has 0 fully saturated rings. The second-order valence-corrected chi connectivity index (χ2v) is 5.34. The Balaban J connectivity index is 2.50. The van der Waals surface area contributed by atoms with E-state index in [4.69, 9.17) is 29.4 Å². The van der Waals surface area contributed by atoms with Crippen LogP contribution in [0, 0.1) is 0 Å². The van der Waals surface area contributed by atoms with Gasteiger partial charge in [-0.1, -0.05) is 0 Å². The Morgan fingerprint density at radius 3 is 2.00 bits per heavy atom. The number of anilines is 1. The zero-order chi connectivity index (χ0) is 17.3. The predicted molar refractivity (Wildman–Crippen MR) is 83.5 cm³/mol. The minimum Gasteiger partial charge on any atom is -0.465 e. The standard InChI is InChI=1S/C16H23NO6/c1-6-20-15(3)16(4,21-7-2)23-13-9-11(17)10(14(18)19-5)8-12(13)22-15/h8-9H,6-7,17H2,1-5H3. The zero-order valence-corrected chi connectivity index (χ0v) is 14.1. The van der Waals surface area contributed by atoms with Gasteiger partial charge in [-0.05, 0) is 13.8 Å². The summed E-state index contributed by atoms with van der Waals surface area (Å²) in [4.78, 5) is 11.8. The first-order valence-electron chi connectivity index (χ1n) is 7.48. The van der Waals surface area contributed by atoms with Crippen LogP contribution in [0.4, 0.5) is 5.69 Å². The molecule has 2 N–H and O–H groups in total. The van der Waals surface area contributed by atoms with Gasteiger partial charge in [0.2, 0.25) is 0 Å². The van der Waals surface area contributed by atoms with E-state index in [2.05, 4.69) is 0 Å². The summed E-state index contributed by atoms with van der Waals surface area (Å²) in [5, 5.41) is 0. The van der Waals surface area contributed by atoms with Gasteiger partial charge in [-0.15, -0.1) is 0 Å². The lowest BCUT2D eigenvalue weighted by Crippen LogP contribution is -2.63. The largest absolute Gasteiger partial charge is 0.465 e. The molecular weight excluding hydrogens is 302 g/mol. The molecule has 0 aromatic heterocycles. The number of nitrogens with two attached hydrogens (primary N) is 1. The molecule has 1 aromatic rings. The van der Waals surface area contributed by atoms with Gasteiger partial charge >= 0.3 is 5.97 Å². The van der Waals surface area contributed by atoms with Gasteiger partial charge in [0.25, 0.3) is 11.6 Å². The van der Waals surface area contributed by atoms with Gasteiger partial charge in [-0.3, -0.25) is 0 Å². The van der Waals surface area contributed by atoms with Crippen LogP contribution in [0.5, 0.6) is 11.5 Å². The first kappa shape index (κ1) is 17.4. The van der Waals surface area contributed by atoms with Crippen LogP contribution < -0.4 is 15.2 Å². The summed E-state index contributed by atoms with van der Waals surface area (Å²) < 4.78 is 28.1. The maximum absolute atomic E-state index is 11.8. The Morgan fingerprint density at radius 1 is 1.09 bits per heavy atom. The second-order valence-electron chi connectivity index (χ2n) is 5.34. The molecule has 128 valence electrons. The van der Waals surface area contributed by atoms with E-state index in [9.17, 15) is 4.79 Å². The van der Waals surface area contributed by atoms with E-state index < -0.39 is 17.5 Å². The number of carbonyl (C=O) groups is 1. The predicted octanol–water partition coefficient (Wildman–Crippen LogP) is 2.33. The van der Waals surface area contributed by atoms with Crippen LogP contribution >= 0.6 is 0 Å². The van der Waals surface area contributed by atoms with Crippen molar-refractivity contribution >= 4 is 11.7 Å². The van der Waals surface area contributed by atoms with Crippen molar-refractivity contribution in [1.82, 2.24) is 0 Å². The molecular formula is C16H23NO6. The number of fused-ring (bicyclic) bond motifs is 1. The molecule has 0 saturated heterocycles. The number of hydrogen-bond acceptors (Lipinski definition) is 7. The van der Waals surface area contributed by atoms with E-state index in [1.807, 2.05) is 13.8 Å². The van der Waals surface area contributed by atoms with Crippen LogP contribution in [0.1, 0.15) is 38.1 Å². The minimum atomic E-state index is -1.19. The third-order valence-corrected chi connectivity index (χ3v) is 3.80. The Kier molecular flexibility index (Phi) is 4.72. The molecule has 0 radical (unpaired) electrons. The van der Waals surface area contributed by atoms with E-state index in [0.29, 0.717) is 24.7 Å². The van der Waals surface area contributed by atoms with Crippen molar-refractivity contribution in [3.05, 3.63) is 17.7 Å². The molecule has 2 atom stereocenters. The highest BCUT2D eigenvalue weighted by Gasteiger charge is 2.55. The molecule has 0 amide bonds. The van der Waals surface area contributed by atoms with Gasteiger partial charge in [0.05, 0.1) is 18.4 Å². The van der Waals surface area contributed by atoms with Crippen LogP contribution in [-0.4, -0.2) is 37.9 Å². The molecule has 2 rings (SSSR count). The average molecular weight is 325 g/mol. The number of benzene rings is 1. The number of carbonyl (C=O) groups excluding carboxylic acids is 1. The lowest BCUT2D eigenvalue weighted by molar-refractivity contribution is -0.357. The monoisotopic (exact) mass is 325 g/mol. The molecule has 1 aromatic carbocycles. The fraction of sp³-hybridized carbons (Fsp3) is 0.562. The molecule has 7 nitrogen and oxygen atoms in total. The first-order chi connectivity index (χ1) is 10.8. The number of methoxy groups -OCH3 is 1. The smallest absolute Gasteiger partial charge is 0.340 e. The highest BCUT2D eigenvalue weighted by atomic mass is 16.8. The molecule has 0 spiro atoms. The van der Waals surface area contributed by atoms with Gasteiger partial charge in [0.1, 0.15) is 0 Å². The molecule has 2 unspecified atom stereocenters. The highest BCUT2D eigenvalue weighted by molar-refractivity contribution is 5.96. The lowest BCUT2D eigenvalue weighted by atomic mass is 10.1. The van der Waals surface area contributed by atoms with E-state index in [1.54, 1.807) is 13.8 Å². The zero-order valence-electron chi connectivity index (χ0n) is 14.1. The summed E-state index contributed by atoms with van der Waals surface area (Å²) >= 11 is 0. The van der Waals surface area contributed by atoms with Crippen LogP contribution in [0.3, 0.4) is 0 Å². The number of rotatable bonds is 5. The van der Waals surface area contributed by atoms with Crippen molar-refractivity contribution in [2.45, 2.75) is 39.3 Å². The molecule has 1 aliphatic rings. The molecule has 23 heavy (non-hydrogen) atoms. The second kappa shape index (κ2) is 6.25. The number of ether oxygens (including phenoxy) is 5. The van der Waals surface area contributed by atoms with Crippen molar-refractivity contribution < 1.29 is 28.5 Å². The van der Waals surface area contributed by atoms with Crippen molar-refractivity contribution in [2.75, 3.05) is 26.1 Å². The maximum atomic E-state index is 11.8. The van der Waals surface area contributed by atoms with Gasteiger partial charge in [0, 0.05) is 39.2 Å². The van der Waals surface area contributed by atoms with Crippen LogP contribution in [0.2, 0.25) is 0 Å². The number of hydrogen-bond donors (Lipinski definition) is 1. The number of nitrogen functional groups attached to an aromatic ring is 1. The Labute approximate surface area is 135 Å². The minimum absolute atomic E-state index is 0.203. The van der Waals surface area contributed by atoms with E-state index in [-0.39, 0.29) is 11.3 Å². The van der Waals surface area contributed by atoms with E-state index in [0.717, 1.165) is 0 Å². The summed E-state index contributed by atoms with van der Waals surface area (Å²) in [6, 6.07) is 3.00. The molecule has 0 bridgehead atoms. The van der Waals surface area contributed by atoms with Crippen molar-refractivity contribution in [3.63, 3.8) is 0 Å². The fourth-order valence-corrected chi connectivity index (χ4v) is 2.50. The Morgan fingerprint density at radius 2 is 1.57 bits per heavy atom. The van der Waals surface area contributed by atoms with Crippen molar-refractivity contribution in [3.8, 4) is 11.5 Å². The lowest BCUT2D eigenvalue weighted by Gasteiger charge is -2.47. The van der Waals surface area contributed by atoms with Crippen LogP contribution in [0.25, 0.3) is 0 Å². The Bertz CT molecular complexity index is 604. The topological polar surface area (TPSA) is 89.2 Å². The first-order valence-corrected chi connectivity index (χ1v) is 7.48. The SMILES string of the molecule is CCOC1(C)Oc2cc(N)c(C(=O)OC)cc2OC1(C)OCC. The molecule has 1 heterocycles. The highest BCUT2D eigenvalue weighted by Crippen LogP contribution is 2.46. The summed E-state index contributed by atoms with van der Waals surface area (Å²) in [7, 11) is 1.29. The molecule has 0 saturated carbocycles. The van der Waals surface area contributed by atoms with Crippen LogP contribution in [-0.2, 0) is 14.2 Å². The van der Waals surface area contributed by atoms with Crippen molar-refractivity contribution in [1.29, 1.82) is 0 Å². The summed E-state index contributed by atoms with van der Waals surface area (Å²) in [6.07, 6.45) is 0. The van der Waals surface area contributed by atoms with Gasteiger partial charge < -0.3 is 29.4 Å². The third kappa shape index (κ3) is 2.94. The summed E-state index contributed by atoms with van der Waals surface area (Å²) in [6.45, 7) is 7.97. The average Bonchev–Trinajstić information content (AvgIpc) is 2.48. The normalized spacial score (nSPS) is 26.0. The van der Waals surface area contributed by atoms with E-state index >= 15 is 0 Å². The third-order valence-electron chi connectivity index (χ3n) is 3.80. The number of esters is 1. The fourth-order valence-electron chi connectivity index (χ4n) is 2.50.